The predicted molar refractivity (Wildman–Crippen MR) is 134 cm³/mol. The van der Waals surface area contributed by atoms with Crippen molar-refractivity contribution in [3.8, 4) is 0 Å². The zero-order chi connectivity index (χ0) is 23.2. The van der Waals surface area contributed by atoms with Crippen LogP contribution in [0.15, 0.2) is 59.4 Å². The molecule has 2 aromatic carbocycles. The molecule has 1 fully saturated rings. The van der Waals surface area contributed by atoms with Crippen LogP contribution in [-0.2, 0) is 17.9 Å². The summed E-state index contributed by atoms with van der Waals surface area (Å²) in [5, 5.41) is 1.01. The Hall–Kier alpha value is -2.92. The summed E-state index contributed by atoms with van der Waals surface area (Å²) < 4.78 is 0. The molecular weight excluding hydrogens is 410 g/mol. The maximum absolute atomic E-state index is 13.5. The molecule has 33 heavy (non-hydrogen) atoms. The number of hydrogen-bond donors (Lipinski definition) is 1. The molecule has 1 saturated carbocycles. The van der Waals surface area contributed by atoms with Gasteiger partial charge in [0.15, 0.2) is 0 Å². The number of aromatic nitrogens is 1. The van der Waals surface area contributed by atoms with Gasteiger partial charge >= 0.3 is 0 Å². The summed E-state index contributed by atoms with van der Waals surface area (Å²) in [7, 11) is 2.09. The van der Waals surface area contributed by atoms with Crippen molar-refractivity contribution in [2.45, 2.75) is 52.1 Å². The van der Waals surface area contributed by atoms with Crippen LogP contribution in [0.1, 0.15) is 48.8 Å². The summed E-state index contributed by atoms with van der Waals surface area (Å²) in [6.07, 6.45) is 5.38. The molecule has 0 aliphatic heterocycles. The summed E-state index contributed by atoms with van der Waals surface area (Å²) in [5.41, 5.74) is 3.79. The fourth-order valence-electron chi connectivity index (χ4n) is 4.83. The van der Waals surface area contributed by atoms with Gasteiger partial charge in [0.05, 0.1) is 6.54 Å². The fraction of sp³-hybridized carbons (Fsp3) is 0.429. The van der Waals surface area contributed by atoms with Crippen LogP contribution in [-0.4, -0.2) is 40.8 Å². The number of likely N-dealkylation sites (N-methyl/N-ethyl adjacent to an activating group) is 1. The number of fused-ring (bicyclic) bond motifs is 1. The molecule has 0 spiro atoms. The van der Waals surface area contributed by atoms with Crippen molar-refractivity contribution in [3.63, 3.8) is 0 Å². The average molecular weight is 446 g/mol. The first kappa shape index (κ1) is 23.2. The van der Waals surface area contributed by atoms with E-state index in [0.29, 0.717) is 18.7 Å². The van der Waals surface area contributed by atoms with Crippen LogP contribution >= 0.6 is 0 Å². The van der Waals surface area contributed by atoms with Gasteiger partial charge in [0.1, 0.15) is 0 Å². The molecule has 174 valence electrons. The van der Waals surface area contributed by atoms with Crippen LogP contribution in [0.2, 0.25) is 0 Å². The van der Waals surface area contributed by atoms with Gasteiger partial charge in [-0.1, -0.05) is 61.2 Å². The SMILES string of the molecule is Cc1ccc2[nH]c(=O)c(CN(CCN(C)Cc3ccccc3)C(=O)C3CCCCC3)cc2c1. The van der Waals surface area contributed by atoms with Gasteiger partial charge in [-0.2, -0.15) is 0 Å². The number of hydrogen-bond acceptors (Lipinski definition) is 3. The topological polar surface area (TPSA) is 56.4 Å². The summed E-state index contributed by atoms with van der Waals surface area (Å²) in [6, 6.07) is 18.4. The summed E-state index contributed by atoms with van der Waals surface area (Å²) in [4.78, 5) is 33.5. The first-order valence-corrected chi connectivity index (χ1v) is 12.1. The van der Waals surface area contributed by atoms with Crippen molar-refractivity contribution in [1.29, 1.82) is 0 Å². The Morgan fingerprint density at radius 3 is 2.48 bits per heavy atom. The highest BCUT2D eigenvalue weighted by Gasteiger charge is 2.26. The molecule has 0 unspecified atom stereocenters. The first-order valence-electron chi connectivity index (χ1n) is 12.1. The number of H-pyrrole nitrogens is 1. The fourth-order valence-corrected chi connectivity index (χ4v) is 4.83. The lowest BCUT2D eigenvalue weighted by atomic mass is 9.88. The number of aryl methyl sites for hydroxylation is 1. The molecule has 4 rings (SSSR count). The number of carbonyl (C=O) groups excluding carboxylic acids is 1. The van der Waals surface area contributed by atoms with Gasteiger partial charge < -0.3 is 14.8 Å². The molecule has 5 nitrogen and oxygen atoms in total. The number of nitrogens with zero attached hydrogens (tertiary/aromatic N) is 2. The van der Waals surface area contributed by atoms with Crippen LogP contribution in [0, 0.1) is 12.8 Å². The highest BCUT2D eigenvalue weighted by Crippen LogP contribution is 2.26. The van der Waals surface area contributed by atoms with Crippen molar-refractivity contribution in [2.24, 2.45) is 5.92 Å². The summed E-state index contributed by atoms with van der Waals surface area (Å²) in [5.74, 6) is 0.284. The van der Waals surface area contributed by atoms with Crippen molar-refractivity contribution < 1.29 is 4.79 Å². The van der Waals surface area contributed by atoms with E-state index in [0.717, 1.165) is 55.2 Å². The van der Waals surface area contributed by atoms with Gasteiger partial charge in [-0.15, -0.1) is 0 Å². The van der Waals surface area contributed by atoms with E-state index in [-0.39, 0.29) is 17.4 Å². The highest BCUT2D eigenvalue weighted by atomic mass is 16.2. The van der Waals surface area contributed by atoms with Gasteiger partial charge in [0.25, 0.3) is 5.56 Å². The molecule has 0 radical (unpaired) electrons. The van der Waals surface area contributed by atoms with Crippen LogP contribution in [0.3, 0.4) is 0 Å². The molecule has 3 aromatic rings. The van der Waals surface area contributed by atoms with Gasteiger partial charge in [-0.25, -0.2) is 0 Å². The Morgan fingerprint density at radius 1 is 0.970 bits per heavy atom. The Morgan fingerprint density at radius 2 is 1.73 bits per heavy atom. The number of rotatable bonds is 8. The Kier molecular flexibility index (Phi) is 7.61. The third-order valence-electron chi connectivity index (χ3n) is 6.75. The number of nitrogens with one attached hydrogen (secondary N) is 1. The van der Waals surface area contributed by atoms with Crippen LogP contribution in [0.5, 0.6) is 0 Å². The van der Waals surface area contributed by atoms with E-state index in [1.165, 1.54) is 12.0 Å². The van der Waals surface area contributed by atoms with Crippen molar-refractivity contribution in [3.05, 3.63) is 81.6 Å². The van der Waals surface area contributed by atoms with E-state index in [9.17, 15) is 9.59 Å². The van der Waals surface area contributed by atoms with E-state index in [1.807, 2.05) is 36.1 Å². The van der Waals surface area contributed by atoms with Gasteiger partial charge in [0.2, 0.25) is 5.91 Å². The Bertz CT molecular complexity index is 1130. The van der Waals surface area contributed by atoms with E-state index in [1.54, 1.807) is 0 Å². The third-order valence-corrected chi connectivity index (χ3v) is 6.75. The summed E-state index contributed by atoms with van der Waals surface area (Å²) >= 11 is 0. The lowest BCUT2D eigenvalue weighted by Gasteiger charge is -2.31. The molecule has 1 amide bonds. The van der Waals surface area contributed by atoms with Crippen LogP contribution < -0.4 is 5.56 Å². The molecule has 1 heterocycles. The molecule has 1 N–H and O–H groups in total. The summed E-state index contributed by atoms with van der Waals surface area (Å²) in [6.45, 7) is 4.61. The molecule has 1 aliphatic carbocycles. The lowest BCUT2D eigenvalue weighted by molar-refractivity contribution is -0.137. The van der Waals surface area contributed by atoms with Crippen molar-refractivity contribution in [2.75, 3.05) is 20.1 Å². The van der Waals surface area contributed by atoms with E-state index in [4.69, 9.17) is 0 Å². The molecule has 5 heteroatoms. The number of aromatic amines is 1. The molecule has 1 aromatic heterocycles. The highest BCUT2D eigenvalue weighted by molar-refractivity contribution is 5.81. The number of pyridine rings is 1. The smallest absolute Gasteiger partial charge is 0.253 e. The maximum Gasteiger partial charge on any atom is 0.253 e. The molecule has 0 saturated heterocycles. The number of amides is 1. The zero-order valence-corrected chi connectivity index (χ0v) is 19.8. The van der Waals surface area contributed by atoms with Gasteiger partial charge in [-0.05, 0) is 56.0 Å². The molecule has 0 bridgehead atoms. The standard InChI is InChI=1S/C28H35N3O2/c1-21-13-14-26-24(17-21)18-25(27(32)29-26)20-31(28(33)23-11-7-4-8-12-23)16-15-30(2)19-22-9-5-3-6-10-22/h3,5-6,9-10,13-14,17-18,23H,4,7-8,11-12,15-16,19-20H2,1-2H3,(H,29,32). The zero-order valence-electron chi connectivity index (χ0n) is 19.8. The normalized spacial score (nSPS) is 14.6. The average Bonchev–Trinajstić information content (AvgIpc) is 2.83. The van der Waals surface area contributed by atoms with E-state index < -0.39 is 0 Å². The quantitative estimate of drug-likeness (QED) is 0.538. The number of carbonyl (C=O) groups is 1. The Balaban J connectivity index is 1.52. The second kappa shape index (κ2) is 10.8. The minimum absolute atomic E-state index is 0.0833. The largest absolute Gasteiger partial charge is 0.337 e. The number of benzene rings is 2. The third kappa shape index (κ3) is 6.11. The lowest BCUT2D eigenvalue weighted by Crippen LogP contribution is -2.41. The molecular formula is C28H35N3O2. The van der Waals surface area contributed by atoms with Crippen molar-refractivity contribution in [1.82, 2.24) is 14.8 Å². The minimum Gasteiger partial charge on any atom is -0.337 e. The van der Waals surface area contributed by atoms with E-state index in [2.05, 4.69) is 47.3 Å². The van der Waals surface area contributed by atoms with Gasteiger partial charge in [-0.3, -0.25) is 9.59 Å². The van der Waals surface area contributed by atoms with Crippen LogP contribution in [0.4, 0.5) is 0 Å². The van der Waals surface area contributed by atoms with Crippen LogP contribution in [0.25, 0.3) is 10.9 Å². The van der Waals surface area contributed by atoms with E-state index >= 15 is 0 Å². The van der Waals surface area contributed by atoms with Gasteiger partial charge in [0, 0.05) is 36.6 Å². The second-order valence-corrected chi connectivity index (χ2v) is 9.53. The minimum atomic E-state index is -0.106. The predicted octanol–water partition coefficient (Wildman–Crippen LogP) is 4.88. The molecule has 1 aliphatic rings. The van der Waals surface area contributed by atoms with Crippen molar-refractivity contribution >= 4 is 16.8 Å². The Labute approximate surface area is 196 Å². The molecule has 0 atom stereocenters. The second-order valence-electron chi connectivity index (χ2n) is 9.53. The monoisotopic (exact) mass is 445 g/mol. The maximum atomic E-state index is 13.5. The first-order chi connectivity index (χ1) is 16.0.